The van der Waals surface area contributed by atoms with Crippen molar-refractivity contribution in [3.8, 4) is 0 Å². The number of halogens is 1. The lowest BCUT2D eigenvalue weighted by Crippen LogP contribution is -2.58. The number of likely N-dealkylation sites (tertiary alicyclic amines) is 2. The van der Waals surface area contributed by atoms with Crippen LogP contribution in [0.1, 0.15) is 48.8 Å². The predicted molar refractivity (Wildman–Crippen MR) is 131 cm³/mol. The summed E-state index contributed by atoms with van der Waals surface area (Å²) < 4.78 is 1.34. The van der Waals surface area contributed by atoms with Crippen molar-refractivity contribution >= 4 is 22.6 Å². The molecule has 2 aliphatic heterocycles. The molecule has 0 amide bonds. The van der Waals surface area contributed by atoms with Crippen LogP contribution in [0.3, 0.4) is 0 Å². The number of fused-ring (bicyclic) bond motifs is 2. The maximum absolute atomic E-state index is 10.8. The molecule has 160 valence electrons. The Morgan fingerprint density at radius 2 is 1.73 bits per heavy atom. The summed E-state index contributed by atoms with van der Waals surface area (Å²) >= 11 is 2.44. The number of piperidine rings is 2. The van der Waals surface area contributed by atoms with Crippen LogP contribution >= 0.6 is 22.6 Å². The predicted octanol–water partition coefficient (Wildman–Crippen LogP) is 4.60. The first-order valence-corrected chi connectivity index (χ1v) is 12.7. The molecule has 4 heteroatoms. The van der Waals surface area contributed by atoms with Crippen LogP contribution in [0.2, 0.25) is 0 Å². The van der Waals surface area contributed by atoms with Gasteiger partial charge in [0.05, 0.1) is 6.10 Å². The number of benzene rings is 2. The quantitative estimate of drug-likeness (QED) is 0.477. The first-order valence-electron chi connectivity index (χ1n) is 11.6. The molecule has 2 unspecified atom stereocenters. The Labute approximate surface area is 194 Å². The van der Waals surface area contributed by atoms with E-state index in [9.17, 15) is 5.11 Å². The van der Waals surface area contributed by atoms with Crippen LogP contribution in [0.5, 0.6) is 0 Å². The molecule has 0 saturated carbocycles. The summed E-state index contributed by atoms with van der Waals surface area (Å²) in [7, 11) is 0. The van der Waals surface area contributed by atoms with Crippen molar-refractivity contribution < 1.29 is 5.11 Å². The van der Waals surface area contributed by atoms with Gasteiger partial charge in [-0.3, -0.25) is 9.80 Å². The van der Waals surface area contributed by atoms with E-state index in [-0.39, 0.29) is 12.1 Å². The molecule has 2 saturated heterocycles. The van der Waals surface area contributed by atoms with Gasteiger partial charge in [-0.15, -0.1) is 0 Å². The van der Waals surface area contributed by atoms with Crippen LogP contribution in [0.25, 0.3) is 0 Å². The summed E-state index contributed by atoms with van der Waals surface area (Å²) in [6.07, 6.45) is 7.09. The van der Waals surface area contributed by atoms with Crippen molar-refractivity contribution in [2.75, 3.05) is 26.2 Å². The molecule has 1 spiro atoms. The van der Waals surface area contributed by atoms with Crippen LogP contribution in [0, 0.1) is 3.57 Å². The molecule has 2 atom stereocenters. The smallest absolute Gasteiger partial charge is 0.0720 e. The third-order valence-corrected chi connectivity index (χ3v) is 8.95. The zero-order valence-corrected chi connectivity index (χ0v) is 19.9. The average molecular weight is 517 g/mol. The van der Waals surface area contributed by atoms with Gasteiger partial charge in [0, 0.05) is 29.2 Å². The van der Waals surface area contributed by atoms with Crippen molar-refractivity contribution in [3.63, 3.8) is 0 Å². The van der Waals surface area contributed by atoms with Gasteiger partial charge in [0.15, 0.2) is 0 Å². The largest absolute Gasteiger partial charge is 0.391 e. The molecule has 0 radical (unpaired) electrons. The molecule has 2 fully saturated rings. The summed E-state index contributed by atoms with van der Waals surface area (Å²) in [5.41, 5.74) is 4.99. The zero-order valence-electron chi connectivity index (χ0n) is 17.8. The van der Waals surface area contributed by atoms with E-state index < -0.39 is 0 Å². The Hall–Kier alpha value is -0.950. The molecular formula is C26H33IN2O. The number of aliphatic hydroxyl groups excluding tert-OH is 1. The van der Waals surface area contributed by atoms with Gasteiger partial charge in [-0.1, -0.05) is 42.5 Å². The van der Waals surface area contributed by atoms with Crippen molar-refractivity contribution in [2.24, 2.45) is 0 Å². The van der Waals surface area contributed by atoms with Crippen molar-refractivity contribution in [2.45, 2.75) is 62.6 Å². The highest BCUT2D eigenvalue weighted by molar-refractivity contribution is 14.1. The monoisotopic (exact) mass is 517 g/mol. The van der Waals surface area contributed by atoms with Gasteiger partial charge in [0.2, 0.25) is 0 Å². The van der Waals surface area contributed by atoms with Gasteiger partial charge in [-0.2, -0.15) is 0 Å². The van der Waals surface area contributed by atoms with Gasteiger partial charge in [0.25, 0.3) is 0 Å². The highest BCUT2D eigenvalue weighted by Gasteiger charge is 2.42. The Bertz CT molecular complexity index is 877. The molecule has 5 rings (SSSR count). The first kappa shape index (κ1) is 20.9. The van der Waals surface area contributed by atoms with E-state index in [0.717, 1.165) is 39.1 Å². The molecule has 30 heavy (non-hydrogen) atoms. The highest BCUT2D eigenvalue weighted by atomic mass is 127. The molecular weight excluding hydrogens is 484 g/mol. The van der Waals surface area contributed by atoms with Gasteiger partial charge in [0.1, 0.15) is 0 Å². The fourth-order valence-electron chi connectivity index (χ4n) is 6.17. The Kier molecular flexibility index (Phi) is 6.20. The summed E-state index contributed by atoms with van der Waals surface area (Å²) in [4.78, 5) is 5.16. The first-order chi connectivity index (χ1) is 14.6. The normalized spacial score (nSPS) is 27.1. The average Bonchev–Trinajstić information content (AvgIpc) is 2.78. The number of aliphatic hydroxyl groups is 1. The molecule has 0 bridgehead atoms. The summed E-state index contributed by atoms with van der Waals surface area (Å²) in [5.74, 6) is 0. The van der Waals surface area contributed by atoms with E-state index in [0.29, 0.717) is 5.41 Å². The third-order valence-electron chi connectivity index (χ3n) is 7.90. The molecule has 2 aromatic rings. The maximum atomic E-state index is 10.8. The Morgan fingerprint density at radius 1 is 0.967 bits per heavy atom. The second kappa shape index (κ2) is 8.89. The number of hydrogen-bond donors (Lipinski definition) is 1. The summed E-state index contributed by atoms with van der Waals surface area (Å²) in [6, 6.07) is 18.1. The molecule has 3 nitrogen and oxygen atoms in total. The number of rotatable bonds is 3. The number of aryl methyl sites for hydroxylation is 1. The fourth-order valence-corrected chi connectivity index (χ4v) is 6.72. The molecule has 0 aromatic heterocycles. The van der Waals surface area contributed by atoms with E-state index in [1.165, 1.54) is 41.2 Å². The van der Waals surface area contributed by atoms with Crippen LogP contribution in [0.15, 0.2) is 48.5 Å². The van der Waals surface area contributed by atoms with E-state index in [1.807, 2.05) is 0 Å². The minimum absolute atomic E-state index is 0.191. The van der Waals surface area contributed by atoms with Crippen LogP contribution in [0.4, 0.5) is 0 Å². The standard InChI is InChI=1S/C26H33IN2O/c27-23-10-4-2-7-21(23)18-28-15-11-25(30)24(19-28)29-16-13-26(14-17-29)12-5-8-20-6-1-3-9-22(20)26/h1-4,6-7,9-10,24-25,30H,5,8,11-19H2/i26+1. The topological polar surface area (TPSA) is 26.7 Å². The van der Waals surface area contributed by atoms with Crippen molar-refractivity contribution in [3.05, 3.63) is 68.8 Å². The fraction of sp³-hybridized carbons (Fsp3) is 0.538. The third kappa shape index (κ3) is 4.08. The van der Waals surface area contributed by atoms with E-state index in [4.69, 9.17) is 0 Å². The van der Waals surface area contributed by atoms with Gasteiger partial charge < -0.3 is 5.11 Å². The van der Waals surface area contributed by atoms with Gasteiger partial charge in [-0.25, -0.2) is 0 Å². The van der Waals surface area contributed by atoms with E-state index in [1.54, 1.807) is 11.1 Å². The van der Waals surface area contributed by atoms with E-state index in [2.05, 4.69) is 80.9 Å². The lowest BCUT2D eigenvalue weighted by Gasteiger charge is -2.50. The molecule has 3 aliphatic rings. The lowest BCUT2D eigenvalue weighted by molar-refractivity contribution is -0.0298. The van der Waals surface area contributed by atoms with Crippen LogP contribution in [-0.2, 0) is 18.4 Å². The minimum Gasteiger partial charge on any atom is -0.391 e. The van der Waals surface area contributed by atoms with Crippen LogP contribution in [-0.4, -0.2) is 53.2 Å². The second-order valence-corrected chi connectivity index (χ2v) is 10.7. The molecule has 2 aromatic carbocycles. The zero-order chi connectivity index (χ0) is 20.6. The number of hydrogen-bond acceptors (Lipinski definition) is 3. The SMILES string of the molecule is OC1CCN(Cc2ccccc2I)CC1N1CC[13C]2(CCCc3ccccc32)CC1. The van der Waals surface area contributed by atoms with Crippen molar-refractivity contribution in [1.29, 1.82) is 0 Å². The maximum Gasteiger partial charge on any atom is 0.0720 e. The number of nitrogens with zero attached hydrogens (tertiary/aromatic N) is 2. The van der Waals surface area contributed by atoms with Gasteiger partial charge in [-0.05, 0) is 102 Å². The summed E-state index contributed by atoms with van der Waals surface area (Å²) in [5, 5.41) is 10.8. The Balaban J connectivity index is 1.26. The van der Waals surface area contributed by atoms with Crippen LogP contribution < -0.4 is 0 Å². The second-order valence-electron chi connectivity index (χ2n) is 9.58. The Morgan fingerprint density at radius 3 is 2.57 bits per heavy atom. The minimum atomic E-state index is -0.191. The highest BCUT2D eigenvalue weighted by Crippen LogP contribution is 2.45. The van der Waals surface area contributed by atoms with Gasteiger partial charge >= 0.3 is 0 Å². The molecule has 1 N–H and O–H groups in total. The van der Waals surface area contributed by atoms with E-state index >= 15 is 0 Å². The van der Waals surface area contributed by atoms with Crippen molar-refractivity contribution in [1.82, 2.24) is 9.80 Å². The molecule has 2 heterocycles. The lowest BCUT2D eigenvalue weighted by atomic mass is 9.86. The molecule has 1 aliphatic carbocycles. The summed E-state index contributed by atoms with van der Waals surface area (Å²) in [6.45, 7) is 5.20.